The van der Waals surface area contributed by atoms with Crippen LogP contribution in [0, 0.1) is 0 Å². The summed E-state index contributed by atoms with van der Waals surface area (Å²) in [7, 11) is 2.13. The average molecular weight is 251 g/mol. The Bertz CT molecular complexity index is 711. The van der Waals surface area contributed by atoms with Gasteiger partial charge in [-0.3, -0.25) is 0 Å². The van der Waals surface area contributed by atoms with E-state index in [0.717, 1.165) is 11.1 Å². The van der Waals surface area contributed by atoms with Gasteiger partial charge in [-0.15, -0.1) is 0 Å². The van der Waals surface area contributed by atoms with Gasteiger partial charge >= 0.3 is 0 Å². The fourth-order valence-electron chi connectivity index (χ4n) is 2.55. The van der Waals surface area contributed by atoms with Crippen LogP contribution in [0.1, 0.15) is 25.5 Å². The fraction of sp³-hybridized carbons (Fsp3) is 0.250. The van der Waals surface area contributed by atoms with Crippen molar-refractivity contribution in [1.29, 1.82) is 0 Å². The molecule has 2 heterocycles. The third-order valence-corrected chi connectivity index (χ3v) is 3.57. The van der Waals surface area contributed by atoms with E-state index in [1.165, 1.54) is 16.6 Å². The standard InChI is InChI=1S/C16H17N3/c1-11(2)16-7-13-6-12(4-5-15(13)19(16)3)14-8-17-10-18-9-14/h4-11H,1-3H3. The van der Waals surface area contributed by atoms with Crippen LogP contribution in [0.5, 0.6) is 0 Å². The van der Waals surface area contributed by atoms with Gasteiger partial charge in [0.1, 0.15) is 6.33 Å². The zero-order valence-corrected chi connectivity index (χ0v) is 11.5. The molecule has 0 unspecified atom stereocenters. The zero-order valence-electron chi connectivity index (χ0n) is 11.5. The number of nitrogens with zero attached hydrogens (tertiary/aromatic N) is 3. The topological polar surface area (TPSA) is 30.7 Å². The van der Waals surface area contributed by atoms with E-state index in [-0.39, 0.29) is 0 Å². The molecule has 3 heteroatoms. The Balaban J connectivity index is 2.17. The molecule has 19 heavy (non-hydrogen) atoms. The number of hydrogen-bond donors (Lipinski definition) is 0. The smallest absolute Gasteiger partial charge is 0.115 e. The molecule has 1 aromatic carbocycles. The van der Waals surface area contributed by atoms with Crippen LogP contribution >= 0.6 is 0 Å². The van der Waals surface area contributed by atoms with Crippen molar-refractivity contribution < 1.29 is 0 Å². The number of benzene rings is 1. The Morgan fingerprint density at radius 3 is 2.42 bits per heavy atom. The predicted molar refractivity (Wildman–Crippen MR) is 78.0 cm³/mol. The summed E-state index contributed by atoms with van der Waals surface area (Å²) in [4.78, 5) is 8.15. The minimum absolute atomic E-state index is 0.529. The van der Waals surface area contributed by atoms with Crippen LogP contribution in [-0.2, 0) is 7.05 Å². The number of rotatable bonds is 2. The second-order valence-electron chi connectivity index (χ2n) is 5.18. The molecule has 0 saturated heterocycles. The second kappa shape index (κ2) is 4.50. The molecule has 0 aliphatic carbocycles. The molecule has 0 saturated carbocycles. The van der Waals surface area contributed by atoms with E-state index in [1.807, 2.05) is 12.4 Å². The molecule has 3 aromatic rings. The highest BCUT2D eigenvalue weighted by molar-refractivity contribution is 5.86. The van der Waals surface area contributed by atoms with Crippen LogP contribution in [0.4, 0.5) is 0 Å². The third-order valence-electron chi connectivity index (χ3n) is 3.57. The molecular formula is C16H17N3. The first-order valence-corrected chi connectivity index (χ1v) is 6.51. The second-order valence-corrected chi connectivity index (χ2v) is 5.18. The van der Waals surface area contributed by atoms with Crippen molar-refractivity contribution in [1.82, 2.24) is 14.5 Å². The average Bonchev–Trinajstić information content (AvgIpc) is 2.77. The van der Waals surface area contributed by atoms with Crippen LogP contribution in [0.25, 0.3) is 22.0 Å². The Kier molecular flexibility index (Phi) is 2.82. The molecule has 0 aliphatic heterocycles. The van der Waals surface area contributed by atoms with Crippen LogP contribution in [-0.4, -0.2) is 14.5 Å². The molecule has 3 nitrogen and oxygen atoms in total. The van der Waals surface area contributed by atoms with Gasteiger partial charge < -0.3 is 4.57 Å². The Morgan fingerprint density at radius 2 is 1.74 bits per heavy atom. The van der Waals surface area contributed by atoms with Crippen molar-refractivity contribution >= 4 is 10.9 Å². The van der Waals surface area contributed by atoms with Crippen LogP contribution in [0.15, 0.2) is 43.0 Å². The number of fused-ring (bicyclic) bond motifs is 1. The lowest BCUT2D eigenvalue weighted by Crippen LogP contribution is -1.97. The van der Waals surface area contributed by atoms with Crippen molar-refractivity contribution in [3.05, 3.63) is 48.7 Å². The first kappa shape index (κ1) is 11.9. The summed E-state index contributed by atoms with van der Waals surface area (Å²) in [5.74, 6) is 0.529. The zero-order chi connectivity index (χ0) is 13.4. The first-order chi connectivity index (χ1) is 9.16. The minimum atomic E-state index is 0.529. The highest BCUT2D eigenvalue weighted by Crippen LogP contribution is 2.28. The van der Waals surface area contributed by atoms with E-state index < -0.39 is 0 Å². The van der Waals surface area contributed by atoms with Gasteiger partial charge in [0, 0.05) is 41.6 Å². The molecule has 2 aromatic heterocycles. The van der Waals surface area contributed by atoms with E-state index in [0.29, 0.717) is 5.92 Å². The first-order valence-electron chi connectivity index (χ1n) is 6.51. The predicted octanol–water partition coefficient (Wildman–Crippen LogP) is 3.76. The van der Waals surface area contributed by atoms with E-state index in [1.54, 1.807) is 6.33 Å². The van der Waals surface area contributed by atoms with E-state index in [9.17, 15) is 0 Å². The maximum Gasteiger partial charge on any atom is 0.115 e. The Labute approximate surface area is 112 Å². The molecule has 0 aliphatic rings. The molecule has 0 radical (unpaired) electrons. The van der Waals surface area contributed by atoms with Crippen LogP contribution in [0.2, 0.25) is 0 Å². The Hall–Kier alpha value is -2.16. The molecule has 0 fully saturated rings. The van der Waals surface area contributed by atoms with Crippen LogP contribution in [0.3, 0.4) is 0 Å². The lowest BCUT2D eigenvalue weighted by molar-refractivity contribution is 0.755. The molecule has 0 N–H and O–H groups in total. The Morgan fingerprint density at radius 1 is 1.00 bits per heavy atom. The normalized spacial score (nSPS) is 11.4. The van der Waals surface area contributed by atoms with Gasteiger partial charge in [-0.1, -0.05) is 19.9 Å². The van der Waals surface area contributed by atoms with Gasteiger partial charge in [0.25, 0.3) is 0 Å². The lowest BCUT2D eigenvalue weighted by atomic mass is 10.1. The number of hydrogen-bond acceptors (Lipinski definition) is 2. The highest BCUT2D eigenvalue weighted by atomic mass is 14.9. The molecule has 0 atom stereocenters. The van der Waals surface area contributed by atoms with Gasteiger partial charge in [0.15, 0.2) is 0 Å². The lowest BCUT2D eigenvalue weighted by Gasteiger charge is -2.07. The molecule has 0 spiro atoms. The quantitative estimate of drug-likeness (QED) is 0.694. The van der Waals surface area contributed by atoms with Gasteiger partial charge in [0.05, 0.1) is 0 Å². The van der Waals surface area contributed by atoms with Crippen LogP contribution < -0.4 is 0 Å². The summed E-state index contributed by atoms with van der Waals surface area (Å²) >= 11 is 0. The summed E-state index contributed by atoms with van der Waals surface area (Å²) in [5.41, 5.74) is 4.84. The molecule has 0 bridgehead atoms. The van der Waals surface area contributed by atoms with E-state index in [4.69, 9.17) is 0 Å². The van der Waals surface area contributed by atoms with E-state index >= 15 is 0 Å². The molecule has 0 amide bonds. The van der Waals surface area contributed by atoms with Gasteiger partial charge in [-0.2, -0.15) is 0 Å². The van der Waals surface area contributed by atoms with Crippen molar-refractivity contribution in [3.63, 3.8) is 0 Å². The number of aryl methyl sites for hydroxylation is 1. The molecule has 96 valence electrons. The van der Waals surface area contributed by atoms with Crippen molar-refractivity contribution in [2.45, 2.75) is 19.8 Å². The summed E-state index contributed by atoms with van der Waals surface area (Å²) in [6.07, 6.45) is 5.25. The van der Waals surface area contributed by atoms with Crippen molar-refractivity contribution in [2.24, 2.45) is 7.05 Å². The number of aromatic nitrogens is 3. The largest absolute Gasteiger partial charge is 0.347 e. The molecule has 3 rings (SSSR count). The SMILES string of the molecule is CC(C)c1cc2cc(-c3cncnc3)ccc2n1C. The van der Waals surface area contributed by atoms with Crippen molar-refractivity contribution in [2.75, 3.05) is 0 Å². The third kappa shape index (κ3) is 2.01. The van der Waals surface area contributed by atoms with Gasteiger partial charge in [-0.05, 0) is 29.7 Å². The maximum atomic E-state index is 4.08. The maximum absolute atomic E-state index is 4.08. The van der Waals surface area contributed by atoms with Gasteiger partial charge in [-0.25, -0.2) is 9.97 Å². The van der Waals surface area contributed by atoms with E-state index in [2.05, 4.69) is 59.7 Å². The van der Waals surface area contributed by atoms with Gasteiger partial charge in [0.2, 0.25) is 0 Å². The fourth-order valence-corrected chi connectivity index (χ4v) is 2.55. The summed E-state index contributed by atoms with van der Waals surface area (Å²) < 4.78 is 2.27. The summed E-state index contributed by atoms with van der Waals surface area (Å²) in [5, 5.41) is 1.27. The summed E-state index contributed by atoms with van der Waals surface area (Å²) in [6.45, 7) is 4.44. The minimum Gasteiger partial charge on any atom is -0.347 e. The summed E-state index contributed by atoms with van der Waals surface area (Å²) in [6, 6.07) is 8.78. The monoisotopic (exact) mass is 251 g/mol. The van der Waals surface area contributed by atoms with Crippen molar-refractivity contribution in [3.8, 4) is 11.1 Å². The highest BCUT2D eigenvalue weighted by Gasteiger charge is 2.09. The molecular weight excluding hydrogens is 234 g/mol.